The first-order chi connectivity index (χ1) is 11.5. The van der Waals surface area contributed by atoms with Crippen LogP contribution in [0.1, 0.15) is 11.1 Å². The lowest BCUT2D eigenvalue weighted by Gasteiger charge is -2.00. The molecule has 0 bridgehead atoms. The van der Waals surface area contributed by atoms with E-state index in [1.54, 1.807) is 18.2 Å². The molecular weight excluding hydrogens is 310 g/mol. The van der Waals surface area contributed by atoms with Crippen molar-refractivity contribution in [2.24, 2.45) is 10.9 Å². The Morgan fingerprint density at radius 3 is 2.46 bits per heavy atom. The van der Waals surface area contributed by atoms with Crippen molar-refractivity contribution < 1.29 is 14.6 Å². The zero-order valence-corrected chi connectivity index (χ0v) is 12.7. The van der Waals surface area contributed by atoms with E-state index in [2.05, 4.69) is 9.99 Å². The fourth-order valence-electron chi connectivity index (χ4n) is 1.84. The average Bonchev–Trinajstić information content (AvgIpc) is 2.59. The van der Waals surface area contributed by atoms with Gasteiger partial charge in [0.2, 0.25) is 0 Å². The van der Waals surface area contributed by atoms with Gasteiger partial charge >= 0.3 is 5.97 Å². The standard InChI is InChI=1S/C17H15N3O4/c18-16(12-14-6-9-15(10-7-14)20(22)23)19-24-17(21)11-8-13-4-2-1-3-5-13/h1-11H,12H2,(H2,18,19)/b11-8+. The minimum absolute atomic E-state index is 0.00765. The first-order valence-corrected chi connectivity index (χ1v) is 7.04. The molecule has 7 heteroatoms. The van der Waals surface area contributed by atoms with Gasteiger partial charge in [-0.25, -0.2) is 4.79 Å². The van der Waals surface area contributed by atoms with E-state index in [1.165, 1.54) is 18.2 Å². The number of carbonyl (C=O) groups excluding carboxylic acids is 1. The third-order valence-corrected chi connectivity index (χ3v) is 3.00. The highest BCUT2D eigenvalue weighted by atomic mass is 16.7. The topological polar surface area (TPSA) is 108 Å². The van der Waals surface area contributed by atoms with Gasteiger partial charge in [0.15, 0.2) is 0 Å². The summed E-state index contributed by atoms with van der Waals surface area (Å²) in [6.07, 6.45) is 3.07. The van der Waals surface area contributed by atoms with Crippen molar-refractivity contribution in [1.82, 2.24) is 0 Å². The number of rotatable bonds is 6. The molecule has 0 aromatic heterocycles. The molecule has 0 fully saturated rings. The highest BCUT2D eigenvalue weighted by Crippen LogP contribution is 2.12. The Hall–Kier alpha value is -3.48. The van der Waals surface area contributed by atoms with Crippen molar-refractivity contribution in [1.29, 1.82) is 0 Å². The van der Waals surface area contributed by atoms with Crippen LogP contribution in [0.4, 0.5) is 5.69 Å². The average molecular weight is 325 g/mol. The van der Waals surface area contributed by atoms with Crippen LogP contribution in [-0.2, 0) is 16.1 Å². The van der Waals surface area contributed by atoms with Crippen molar-refractivity contribution in [2.75, 3.05) is 0 Å². The Balaban J connectivity index is 1.88. The van der Waals surface area contributed by atoms with Crippen LogP contribution in [0.3, 0.4) is 0 Å². The molecule has 0 saturated carbocycles. The minimum atomic E-state index is -0.648. The lowest BCUT2D eigenvalue weighted by Crippen LogP contribution is -2.16. The smallest absolute Gasteiger partial charge is 0.358 e. The van der Waals surface area contributed by atoms with Crippen molar-refractivity contribution >= 4 is 23.6 Å². The number of nitro groups is 1. The molecule has 2 aromatic carbocycles. The largest absolute Gasteiger partial charge is 0.384 e. The van der Waals surface area contributed by atoms with Crippen molar-refractivity contribution in [2.45, 2.75) is 6.42 Å². The second-order valence-corrected chi connectivity index (χ2v) is 4.84. The van der Waals surface area contributed by atoms with E-state index in [1.807, 2.05) is 30.3 Å². The van der Waals surface area contributed by atoms with Gasteiger partial charge in [-0.15, -0.1) is 0 Å². The van der Waals surface area contributed by atoms with Gasteiger partial charge in [-0.05, 0) is 17.2 Å². The van der Waals surface area contributed by atoms with Crippen LogP contribution in [0, 0.1) is 10.1 Å². The molecule has 24 heavy (non-hydrogen) atoms. The summed E-state index contributed by atoms with van der Waals surface area (Å²) in [5.74, 6) is -0.559. The number of nitrogens with two attached hydrogens (primary N) is 1. The van der Waals surface area contributed by atoms with Crippen LogP contribution in [0.2, 0.25) is 0 Å². The first kappa shape index (κ1) is 16.9. The summed E-state index contributed by atoms with van der Waals surface area (Å²) < 4.78 is 0. The Bertz CT molecular complexity index is 768. The van der Waals surface area contributed by atoms with E-state index >= 15 is 0 Å². The number of oxime groups is 1. The highest BCUT2D eigenvalue weighted by Gasteiger charge is 2.05. The normalized spacial score (nSPS) is 11.4. The SMILES string of the molecule is N/C(Cc1ccc([N+](=O)[O-])cc1)=N\OC(=O)/C=C/c1ccccc1. The van der Waals surface area contributed by atoms with Crippen LogP contribution in [0.15, 0.2) is 65.8 Å². The number of carbonyl (C=O) groups is 1. The fourth-order valence-corrected chi connectivity index (χ4v) is 1.84. The van der Waals surface area contributed by atoms with Gasteiger partial charge < -0.3 is 10.6 Å². The molecular formula is C17H15N3O4. The molecule has 0 radical (unpaired) electrons. The van der Waals surface area contributed by atoms with E-state index < -0.39 is 10.9 Å². The third-order valence-electron chi connectivity index (χ3n) is 3.00. The van der Waals surface area contributed by atoms with Crippen LogP contribution >= 0.6 is 0 Å². The molecule has 0 heterocycles. The van der Waals surface area contributed by atoms with Crippen LogP contribution in [0.5, 0.6) is 0 Å². The van der Waals surface area contributed by atoms with E-state index in [0.717, 1.165) is 11.1 Å². The van der Waals surface area contributed by atoms with E-state index in [0.29, 0.717) is 0 Å². The van der Waals surface area contributed by atoms with E-state index in [4.69, 9.17) is 5.73 Å². The highest BCUT2D eigenvalue weighted by molar-refractivity contribution is 5.88. The van der Waals surface area contributed by atoms with Crippen molar-refractivity contribution in [3.05, 3.63) is 81.9 Å². The molecule has 0 aliphatic rings. The maximum Gasteiger partial charge on any atom is 0.358 e. The molecule has 2 N–H and O–H groups in total. The van der Waals surface area contributed by atoms with E-state index in [9.17, 15) is 14.9 Å². The number of nitro benzene ring substituents is 1. The molecule has 0 atom stereocenters. The molecule has 0 aliphatic heterocycles. The molecule has 0 unspecified atom stereocenters. The number of non-ortho nitro benzene ring substituents is 1. The van der Waals surface area contributed by atoms with Gasteiger partial charge in [0, 0.05) is 24.6 Å². The molecule has 0 aliphatic carbocycles. The lowest BCUT2D eigenvalue weighted by atomic mass is 10.1. The Kier molecular flexibility index (Phi) is 5.79. The number of nitrogens with zero attached hydrogens (tertiary/aromatic N) is 2. The number of hydrogen-bond donors (Lipinski definition) is 1. The van der Waals surface area contributed by atoms with Gasteiger partial charge in [0.1, 0.15) is 5.84 Å². The summed E-state index contributed by atoms with van der Waals surface area (Å²) >= 11 is 0. The second kappa shape index (κ2) is 8.23. The molecule has 122 valence electrons. The second-order valence-electron chi connectivity index (χ2n) is 4.84. The first-order valence-electron chi connectivity index (χ1n) is 7.04. The van der Waals surface area contributed by atoms with Gasteiger partial charge in [-0.3, -0.25) is 10.1 Å². The maximum absolute atomic E-state index is 11.5. The number of amidine groups is 1. The quantitative estimate of drug-likeness (QED) is 0.219. The monoisotopic (exact) mass is 325 g/mol. The van der Waals surface area contributed by atoms with Gasteiger partial charge in [0.05, 0.1) is 4.92 Å². The van der Waals surface area contributed by atoms with Crippen LogP contribution in [-0.4, -0.2) is 16.7 Å². The number of hydrogen-bond acceptors (Lipinski definition) is 5. The summed E-state index contributed by atoms with van der Waals surface area (Å²) in [7, 11) is 0. The number of benzene rings is 2. The predicted octanol–water partition coefficient (Wildman–Crippen LogP) is 2.67. The van der Waals surface area contributed by atoms with Crippen LogP contribution in [0.25, 0.3) is 6.08 Å². The maximum atomic E-state index is 11.5. The molecule has 0 amide bonds. The van der Waals surface area contributed by atoms with Crippen molar-refractivity contribution in [3.8, 4) is 0 Å². The summed E-state index contributed by atoms with van der Waals surface area (Å²) in [5.41, 5.74) is 7.25. The van der Waals surface area contributed by atoms with Crippen molar-refractivity contribution in [3.63, 3.8) is 0 Å². The molecule has 7 nitrogen and oxygen atoms in total. The zero-order valence-electron chi connectivity index (χ0n) is 12.7. The van der Waals surface area contributed by atoms with Gasteiger partial charge in [-0.2, -0.15) is 0 Å². The lowest BCUT2D eigenvalue weighted by molar-refractivity contribution is -0.384. The summed E-state index contributed by atoms with van der Waals surface area (Å²) in [6, 6.07) is 15.1. The zero-order chi connectivity index (χ0) is 17.4. The molecule has 2 aromatic rings. The summed E-state index contributed by atoms with van der Waals surface area (Å²) in [5, 5.41) is 14.1. The Morgan fingerprint density at radius 1 is 1.17 bits per heavy atom. The third kappa shape index (κ3) is 5.38. The molecule has 0 spiro atoms. The minimum Gasteiger partial charge on any atom is -0.384 e. The fraction of sp³-hybridized carbons (Fsp3) is 0.0588. The predicted molar refractivity (Wildman–Crippen MR) is 90.0 cm³/mol. The summed E-state index contributed by atoms with van der Waals surface area (Å²) in [4.78, 5) is 26.3. The van der Waals surface area contributed by atoms with E-state index in [-0.39, 0.29) is 17.9 Å². The van der Waals surface area contributed by atoms with Gasteiger partial charge in [0.25, 0.3) is 5.69 Å². The summed E-state index contributed by atoms with van der Waals surface area (Å²) in [6.45, 7) is 0. The molecule has 2 rings (SSSR count). The van der Waals surface area contributed by atoms with Gasteiger partial charge in [-0.1, -0.05) is 47.6 Å². The Morgan fingerprint density at radius 2 is 1.83 bits per heavy atom. The molecule has 0 saturated heterocycles. The Labute approximate surface area is 138 Å². The van der Waals surface area contributed by atoms with Crippen LogP contribution < -0.4 is 5.73 Å².